The van der Waals surface area contributed by atoms with E-state index in [1.165, 1.54) is 18.5 Å². The Morgan fingerprint density at radius 1 is 0.709 bits per heavy atom. The second-order valence-electron chi connectivity index (χ2n) is 15.9. The van der Waals surface area contributed by atoms with E-state index in [1.807, 2.05) is 69.3 Å². The van der Waals surface area contributed by atoms with Crippen LogP contribution in [-0.4, -0.2) is 9.97 Å². The zero-order valence-corrected chi connectivity index (χ0v) is 34.0. The van der Waals surface area contributed by atoms with Gasteiger partial charge < -0.3 is 19.4 Å². The van der Waals surface area contributed by atoms with Crippen LogP contribution in [0.3, 0.4) is 0 Å². The number of hydrogen-bond donors (Lipinski definition) is 0. The predicted molar refractivity (Wildman–Crippen MR) is 218 cm³/mol. The molecule has 2 atom stereocenters. The Kier molecular flexibility index (Phi) is 7.56. The van der Waals surface area contributed by atoms with Gasteiger partial charge in [0, 0.05) is 73.9 Å². The summed E-state index contributed by atoms with van der Waals surface area (Å²) < 4.78 is 93.8. The Morgan fingerprint density at radius 2 is 1.42 bits per heavy atom. The number of ether oxygens (including phenoxy) is 2. The zero-order valence-electron chi connectivity index (χ0n) is 41.6. The first-order valence-corrected chi connectivity index (χ1v) is 18.1. The molecule has 0 N–H and O–H groups in total. The third-order valence-corrected chi connectivity index (χ3v) is 9.40. The Hall–Kier alpha value is -4.83. The van der Waals surface area contributed by atoms with Crippen molar-refractivity contribution in [1.82, 2.24) is 9.97 Å². The van der Waals surface area contributed by atoms with Gasteiger partial charge in [-0.25, -0.2) is 0 Å². The maximum absolute atomic E-state index is 8.94. The van der Waals surface area contributed by atoms with Crippen LogP contribution in [0.1, 0.15) is 100 Å². The minimum atomic E-state index is -2.52. The largest absolute Gasteiger partial charge is 0.504 e. The van der Waals surface area contributed by atoms with E-state index < -0.39 is 37.3 Å². The molecule has 0 fully saturated rings. The van der Waals surface area contributed by atoms with E-state index in [0.29, 0.717) is 33.8 Å². The fraction of sp³-hybridized carbons (Fsp3) is 0.280. The smallest absolute Gasteiger partial charge is 0.130 e. The van der Waals surface area contributed by atoms with Gasteiger partial charge in [-0.1, -0.05) is 126 Å². The summed E-state index contributed by atoms with van der Waals surface area (Å²) in [4.78, 5) is 8.84. The molecule has 4 heterocycles. The van der Waals surface area contributed by atoms with Crippen LogP contribution in [-0.2, 0) is 32.9 Å². The molecule has 0 saturated carbocycles. The van der Waals surface area contributed by atoms with Gasteiger partial charge in [0.05, 0.1) is 5.92 Å². The van der Waals surface area contributed by atoms with Gasteiger partial charge in [0.1, 0.15) is 17.3 Å². The Bertz CT molecular complexity index is 2900. The Morgan fingerprint density at radius 3 is 2.09 bits per heavy atom. The number of para-hydroxylation sites is 1. The molecule has 6 aromatic rings. The standard InChI is InChI=1S/C33H28NO2.C17H20N.Ir/c1-19-18-34-26(16-20(19)17-33(2,3)4)23-13-9-14-25-29-28-24-12-7-8-15-27(24)35-31(28)21-10-5-6-11-22(21)32(29)36-30(23)25;1-13-5-8-15(9-6-13)16-10-7-14(12-18-16)11-17(2,3)4;/h5-12,14-16,18,28-29H,17H2,1-4H3;5-8,10,12H,11H2,1-4H3;/q2*-1;/i1D3,17D2;1D3,11D2;. The molecule has 0 saturated heterocycles. The van der Waals surface area contributed by atoms with Gasteiger partial charge in [-0.05, 0) is 59.0 Å². The summed E-state index contributed by atoms with van der Waals surface area (Å²) in [6, 6.07) is 35.9. The summed E-state index contributed by atoms with van der Waals surface area (Å²) in [5.41, 5.74) is 3.74. The molecular formula is C50H48IrN2O2-2. The molecule has 0 spiro atoms. The molecule has 2 unspecified atom stereocenters. The van der Waals surface area contributed by atoms with Crippen LogP contribution in [0.25, 0.3) is 34.0 Å². The summed E-state index contributed by atoms with van der Waals surface area (Å²) in [6.45, 7) is 6.18. The van der Waals surface area contributed by atoms with E-state index in [0.717, 1.165) is 38.8 Å². The van der Waals surface area contributed by atoms with Crippen molar-refractivity contribution in [3.05, 3.63) is 165 Å². The van der Waals surface area contributed by atoms with Crippen molar-refractivity contribution in [3.63, 3.8) is 0 Å². The topological polar surface area (TPSA) is 44.2 Å². The molecule has 3 aliphatic rings. The van der Waals surface area contributed by atoms with Crippen molar-refractivity contribution in [2.45, 2.75) is 79.8 Å². The summed E-state index contributed by atoms with van der Waals surface area (Å²) in [7, 11) is 0. The number of aromatic nitrogens is 2. The van der Waals surface area contributed by atoms with E-state index in [4.69, 9.17) is 23.2 Å². The van der Waals surface area contributed by atoms with Crippen LogP contribution in [0.4, 0.5) is 0 Å². The molecule has 1 aliphatic carbocycles. The maximum Gasteiger partial charge on any atom is 0.130 e. The molecule has 5 heteroatoms. The first kappa shape index (κ1) is 27.7. The number of pyridine rings is 2. The van der Waals surface area contributed by atoms with Gasteiger partial charge >= 0.3 is 0 Å². The molecule has 1 radical (unpaired) electrons. The molecule has 4 aromatic carbocycles. The number of aryl methyl sites for hydroxylation is 2. The molecule has 281 valence electrons. The van der Waals surface area contributed by atoms with Gasteiger partial charge in [0.15, 0.2) is 0 Å². The molecule has 0 bridgehead atoms. The molecule has 0 amide bonds. The molecular weight excluding hydrogens is 853 g/mol. The van der Waals surface area contributed by atoms with Crippen LogP contribution >= 0.6 is 0 Å². The normalized spacial score (nSPS) is 19.9. The minimum Gasteiger partial charge on any atom is -0.504 e. The predicted octanol–water partition coefficient (Wildman–Crippen LogP) is 10.5. The number of rotatable bonds is 4. The Balaban J connectivity index is 0.000000225. The summed E-state index contributed by atoms with van der Waals surface area (Å²) in [6.07, 6.45) is -0.616. The molecule has 2 aromatic heterocycles. The van der Waals surface area contributed by atoms with Crippen LogP contribution in [0.5, 0.6) is 11.5 Å². The van der Waals surface area contributed by atoms with Crippen molar-refractivity contribution in [1.29, 1.82) is 0 Å². The van der Waals surface area contributed by atoms with Gasteiger partial charge in [-0.2, -0.15) is 0 Å². The average molecular weight is 911 g/mol. The monoisotopic (exact) mass is 911 g/mol. The number of hydrogen-bond acceptors (Lipinski definition) is 4. The van der Waals surface area contributed by atoms with Gasteiger partial charge in [0.25, 0.3) is 0 Å². The van der Waals surface area contributed by atoms with Gasteiger partial charge in [0.2, 0.25) is 0 Å². The third-order valence-electron chi connectivity index (χ3n) is 9.40. The average Bonchev–Trinajstić information content (AvgIpc) is 3.82. The van der Waals surface area contributed by atoms with Crippen LogP contribution in [0, 0.1) is 36.7 Å². The van der Waals surface area contributed by atoms with Crippen molar-refractivity contribution in [3.8, 4) is 34.0 Å². The van der Waals surface area contributed by atoms with E-state index in [2.05, 4.69) is 34.2 Å². The first-order valence-electron chi connectivity index (χ1n) is 23.1. The van der Waals surface area contributed by atoms with Crippen molar-refractivity contribution in [2.24, 2.45) is 10.8 Å². The van der Waals surface area contributed by atoms with E-state index in [9.17, 15) is 0 Å². The van der Waals surface area contributed by atoms with E-state index in [-0.39, 0.29) is 48.6 Å². The molecule has 9 rings (SSSR count). The van der Waals surface area contributed by atoms with Crippen molar-refractivity contribution >= 4 is 11.5 Å². The number of fused-ring (bicyclic) bond motifs is 8. The number of nitrogens with zero attached hydrogens (tertiary/aromatic N) is 2. The second kappa shape index (κ2) is 15.0. The Labute approximate surface area is 353 Å². The van der Waals surface area contributed by atoms with Gasteiger partial charge in [-0.3, -0.25) is 0 Å². The SMILES string of the molecule is [2H]C([2H])([2H])c1c[c-]c(-c2ccc(C([2H])([2H])C(C)(C)C)cn2)cc1.[2H]C([2H])([2H])c1cnc(-c2[c-]ccc3c2OC2=c4ccccc4=C4Oc5ccccc5C4C23)cc1C([2H])([2H])C(C)(C)C.[Ir]. The van der Waals surface area contributed by atoms with Gasteiger partial charge in [-0.15, -0.1) is 53.6 Å². The number of benzene rings is 4. The summed E-state index contributed by atoms with van der Waals surface area (Å²) >= 11 is 0. The zero-order chi connectivity index (χ0) is 46.4. The molecule has 55 heavy (non-hydrogen) atoms. The maximum atomic E-state index is 8.94. The van der Waals surface area contributed by atoms with Crippen molar-refractivity contribution < 1.29 is 43.3 Å². The fourth-order valence-electron chi connectivity index (χ4n) is 7.28. The molecule has 2 aliphatic heterocycles. The third kappa shape index (κ3) is 7.83. The summed E-state index contributed by atoms with van der Waals surface area (Å²) in [5, 5.41) is 1.97. The fourth-order valence-corrected chi connectivity index (χ4v) is 7.28. The van der Waals surface area contributed by atoms with Crippen LogP contribution in [0.2, 0.25) is 0 Å². The van der Waals surface area contributed by atoms with E-state index >= 15 is 0 Å². The van der Waals surface area contributed by atoms with Crippen LogP contribution < -0.4 is 19.9 Å². The van der Waals surface area contributed by atoms with Crippen LogP contribution in [0.15, 0.2) is 109 Å². The van der Waals surface area contributed by atoms with Crippen molar-refractivity contribution in [2.75, 3.05) is 0 Å². The van der Waals surface area contributed by atoms with E-state index in [1.54, 1.807) is 51.1 Å². The molecule has 4 nitrogen and oxygen atoms in total. The quantitative estimate of drug-likeness (QED) is 0.165. The minimum absolute atomic E-state index is 0. The second-order valence-corrected chi connectivity index (χ2v) is 15.9. The summed E-state index contributed by atoms with van der Waals surface area (Å²) in [5.74, 6) is 2.98. The first-order chi connectivity index (χ1) is 29.8.